The minimum Gasteiger partial charge on any atom is -0.341 e. The van der Waals surface area contributed by atoms with Gasteiger partial charge in [0.1, 0.15) is 10.7 Å². The molecule has 1 atom stereocenters. The summed E-state index contributed by atoms with van der Waals surface area (Å²) < 4.78 is 28.8. The van der Waals surface area contributed by atoms with Crippen LogP contribution in [-0.2, 0) is 15.4 Å². The lowest BCUT2D eigenvalue weighted by molar-refractivity contribution is 0.432. The maximum Gasteiger partial charge on any atom is 0.286 e. The standard InChI is InChI=1S/C22H29N3O2S/c1-15(2)21(16-10-12-17(13-11-16)22(3,4)5)23-14-20-24-18-8-6-7-9-19(18)28(26,27)25-20/h6-13,15,21,23H,14H2,1-5H3,(H,24,25). The number of sulfonamides is 1. The van der Waals surface area contributed by atoms with E-state index in [9.17, 15) is 8.42 Å². The third kappa shape index (κ3) is 4.45. The van der Waals surface area contributed by atoms with Gasteiger partial charge in [-0.3, -0.25) is 0 Å². The fraction of sp³-hybridized carbons (Fsp3) is 0.409. The Hall–Kier alpha value is -2.18. The van der Waals surface area contributed by atoms with Crippen LogP contribution in [0.1, 0.15) is 51.8 Å². The third-order valence-corrected chi connectivity index (χ3v) is 6.34. The molecule has 0 bridgehead atoms. The molecule has 2 aromatic carbocycles. The molecule has 0 spiro atoms. The molecule has 3 rings (SSSR count). The van der Waals surface area contributed by atoms with Gasteiger partial charge in [-0.15, -0.1) is 4.40 Å². The SMILES string of the molecule is CC(C)C(NCC1=NS(=O)(=O)c2ccccc2N1)c1ccc(C(C)(C)C)cc1. The molecule has 0 radical (unpaired) electrons. The predicted octanol–water partition coefficient (Wildman–Crippen LogP) is 4.48. The smallest absolute Gasteiger partial charge is 0.286 e. The van der Waals surface area contributed by atoms with Crippen LogP contribution in [0.3, 0.4) is 0 Å². The Morgan fingerprint density at radius 3 is 2.29 bits per heavy atom. The van der Waals surface area contributed by atoms with Gasteiger partial charge < -0.3 is 10.6 Å². The Labute approximate surface area is 168 Å². The number of anilines is 1. The van der Waals surface area contributed by atoms with Crippen LogP contribution >= 0.6 is 0 Å². The van der Waals surface area contributed by atoms with Crippen molar-refractivity contribution in [3.8, 4) is 0 Å². The Kier molecular flexibility index (Phi) is 5.64. The molecule has 0 aromatic heterocycles. The maximum atomic E-state index is 12.4. The molecule has 150 valence electrons. The zero-order valence-electron chi connectivity index (χ0n) is 17.2. The summed E-state index contributed by atoms with van der Waals surface area (Å²) >= 11 is 0. The Balaban J connectivity index is 1.77. The minimum atomic E-state index is -3.66. The zero-order chi connectivity index (χ0) is 20.5. The first-order chi connectivity index (χ1) is 13.1. The molecule has 1 aliphatic rings. The lowest BCUT2D eigenvalue weighted by atomic mass is 9.85. The highest BCUT2D eigenvalue weighted by molar-refractivity contribution is 7.90. The highest BCUT2D eigenvalue weighted by Crippen LogP contribution is 2.28. The lowest BCUT2D eigenvalue weighted by Crippen LogP contribution is -2.36. The molecule has 1 unspecified atom stereocenters. The van der Waals surface area contributed by atoms with E-state index in [1.807, 2.05) is 6.07 Å². The van der Waals surface area contributed by atoms with Crippen molar-refractivity contribution < 1.29 is 8.42 Å². The normalized spacial score (nSPS) is 16.9. The van der Waals surface area contributed by atoms with Gasteiger partial charge in [-0.05, 0) is 34.6 Å². The second kappa shape index (κ2) is 7.68. The molecule has 1 heterocycles. The average Bonchev–Trinajstić information content (AvgIpc) is 2.61. The van der Waals surface area contributed by atoms with Crippen molar-refractivity contribution in [3.63, 3.8) is 0 Å². The molecule has 6 heteroatoms. The van der Waals surface area contributed by atoms with E-state index in [2.05, 4.69) is 73.9 Å². The van der Waals surface area contributed by atoms with Gasteiger partial charge in [0, 0.05) is 6.04 Å². The molecule has 1 aliphatic heterocycles. The molecule has 0 aliphatic carbocycles. The number of hydrogen-bond donors (Lipinski definition) is 2. The largest absolute Gasteiger partial charge is 0.341 e. The number of nitrogens with one attached hydrogen (secondary N) is 2. The molecule has 0 fully saturated rings. The van der Waals surface area contributed by atoms with E-state index in [4.69, 9.17) is 0 Å². The first kappa shape index (κ1) is 20.6. The molecule has 28 heavy (non-hydrogen) atoms. The van der Waals surface area contributed by atoms with Crippen molar-refractivity contribution in [2.45, 2.75) is 51.0 Å². The van der Waals surface area contributed by atoms with E-state index in [-0.39, 0.29) is 16.4 Å². The fourth-order valence-corrected chi connectivity index (χ4v) is 4.53. The van der Waals surface area contributed by atoms with Gasteiger partial charge in [0.05, 0.1) is 12.2 Å². The molecule has 0 amide bonds. The molecule has 0 saturated carbocycles. The first-order valence-corrected chi connectivity index (χ1v) is 11.1. The summed E-state index contributed by atoms with van der Waals surface area (Å²) in [5.41, 5.74) is 3.16. The van der Waals surface area contributed by atoms with Crippen LogP contribution in [0.15, 0.2) is 57.8 Å². The summed E-state index contributed by atoms with van der Waals surface area (Å²) in [4.78, 5) is 0.219. The second-order valence-corrected chi connectivity index (χ2v) is 10.2. The van der Waals surface area contributed by atoms with E-state index >= 15 is 0 Å². The average molecular weight is 400 g/mol. The maximum absolute atomic E-state index is 12.4. The van der Waals surface area contributed by atoms with Crippen molar-refractivity contribution in [2.75, 3.05) is 11.9 Å². The third-order valence-electron chi connectivity index (χ3n) is 4.97. The van der Waals surface area contributed by atoms with Crippen LogP contribution in [0.25, 0.3) is 0 Å². The quantitative estimate of drug-likeness (QED) is 0.777. The van der Waals surface area contributed by atoms with Crippen LogP contribution in [-0.4, -0.2) is 20.8 Å². The van der Waals surface area contributed by atoms with Crippen LogP contribution in [0.2, 0.25) is 0 Å². The highest BCUT2D eigenvalue weighted by atomic mass is 32.2. The summed E-state index contributed by atoms with van der Waals surface area (Å²) in [5.74, 6) is 0.754. The predicted molar refractivity (Wildman–Crippen MR) is 115 cm³/mol. The van der Waals surface area contributed by atoms with Crippen LogP contribution in [0.5, 0.6) is 0 Å². The van der Waals surface area contributed by atoms with E-state index in [1.165, 1.54) is 11.1 Å². The monoisotopic (exact) mass is 399 g/mol. The molecular formula is C22H29N3O2S. The number of nitrogens with zero attached hydrogens (tertiary/aromatic N) is 1. The number of benzene rings is 2. The number of amidine groups is 1. The Bertz CT molecular complexity index is 972. The fourth-order valence-electron chi connectivity index (χ4n) is 3.38. The van der Waals surface area contributed by atoms with E-state index in [0.717, 1.165) is 0 Å². The summed E-state index contributed by atoms with van der Waals surface area (Å²) in [6, 6.07) is 15.6. The number of para-hydroxylation sites is 1. The second-order valence-electron chi connectivity index (χ2n) is 8.61. The topological polar surface area (TPSA) is 70.6 Å². The molecule has 0 saturated heterocycles. The van der Waals surface area contributed by atoms with Gasteiger partial charge >= 0.3 is 0 Å². The van der Waals surface area contributed by atoms with Crippen molar-refractivity contribution in [1.82, 2.24) is 5.32 Å². The Morgan fingerprint density at radius 1 is 1.04 bits per heavy atom. The zero-order valence-corrected chi connectivity index (χ0v) is 18.0. The summed E-state index contributed by atoms with van der Waals surface area (Å²) in [5, 5.41) is 6.61. The number of hydrogen-bond acceptors (Lipinski definition) is 4. The van der Waals surface area contributed by atoms with Gasteiger partial charge in [0.25, 0.3) is 10.0 Å². The van der Waals surface area contributed by atoms with Crippen molar-refractivity contribution in [2.24, 2.45) is 10.3 Å². The van der Waals surface area contributed by atoms with Crippen molar-refractivity contribution in [3.05, 3.63) is 59.7 Å². The lowest BCUT2D eigenvalue weighted by Gasteiger charge is -2.26. The molecular weight excluding hydrogens is 370 g/mol. The molecule has 2 N–H and O–H groups in total. The van der Waals surface area contributed by atoms with Gasteiger partial charge in [0.2, 0.25) is 0 Å². The van der Waals surface area contributed by atoms with Crippen molar-refractivity contribution in [1.29, 1.82) is 0 Å². The minimum absolute atomic E-state index is 0.0957. The van der Waals surface area contributed by atoms with Gasteiger partial charge in [-0.25, -0.2) is 0 Å². The summed E-state index contributed by atoms with van der Waals surface area (Å²) in [7, 11) is -3.66. The Morgan fingerprint density at radius 2 is 1.68 bits per heavy atom. The van der Waals surface area contributed by atoms with Crippen LogP contribution in [0, 0.1) is 5.92 Å². The van der Waals surface area contributed by atoms with Gasteiger partial charge in [-0.2, -0.15) is 8.42 Å². The molecule has 5 nitrogen and oxygen atoms in total. The van der Waals surface area contributed by atoms with Crippen molar-refractivity contribution >= 4 is 21.5 Å². The summed E-state index contributed by atoms with van der Waals surface area (Å²) in [6.07, 6.45) is 0. The summed E-state index contributed by atoms with van der Waals surface area (Å²) in [6.45, 7) is 11.2. The van der Waals surface area contributed by atoms with E-state index in [0.29, 0.717) is 24.0 Å². The van der Waals surface area contributed by atoms with Gasteiger partial charge in [-0.1, -0.05) is 71.0 Å². The van der Waals surface area contributed by atoms with E-state index in [1.54, 1.807) is 18.2 Å². The number of fused-ring (bicyclic) bond motifs is 1. The van der Waals surface area contributed by atoms with Crippen LogP contribution < -0.4 is 10.6 Å². The molecule has 2 aromatic rings. The van der Waals surface area contributed by atoms with Gasteiger partial charge in [0.15, 0.2) is 0 Å². The highest BCUT2D eigenvalue weighted by Gasteiger charge is 2.25. The first-order valence-electron chi connectivity index (χ1n) is 9.61. The van der Waals surface area contributed by atoms with E-state index < -0.39 is 10.0 Å². The number of rotatable bonds is 5. The van der Waals surface area contributed by atoms with Crippen LogP contribution in [0.4, 0.5) is 5.69 Å².